The highest BCUT2D eigenvalue weighted by molar-refractivity contribution is 6.31. The lowest BCUT2D eigenvalue weighted by Crippen LogP contribution is -2.35. The molecule has 0 spiro atoms. The van der Waals surface area contributed by atoms with Gasteiger partial charge in [0.2, 0.25) is 5.78 Å². The Bertz CT molecular complexity index is 945. The van der Waals surface area contributed by atoms with E-state index in [1.165, 1.54) is 5.56 Å². The molecule has 5 heteroatoms. The van der Waals surface area contributed by atoms with Gasteiger partial charge < -0.3 is 4.90 Å². The Morgan fingerprint density at radius 1 is 1.07 bits per heavy atom. The van der Waals surface area contributed by atoms with E-state index in [0.717, 1.165) is 36.8 Å². The lowest BCUT2D eigenvalue weighted by molar-refractivity contribution is 0.103. The third-order valence-electron chi connectivity index (χ3n) is 4.98. The van der Waals surface area contributed by atoms with Crippen molar-refractivity contribution in [3.8, 4) is 0 Å². The first-order valence-corrected chi connectivity index (χ1v) is 9.51. The van der Waals surface area contributed by atoms with E-state index in [4.69, 9.17) is 11.6 Å². The minimum atomic E-state index is -0.107. The number of carbonyl (C=O) groups is 1. The van der Waals surface area contributed by atoms with Crippen molar-refractivity contribution in [1.82, 2.24) is 9.97 Å². The molecule has 4 nitrogen and oxygen atoms in total. The van der Waals surface area contributed by atoms with E-state index < -0.39 is 0 Å². The molecule has 0 N–H and O–H groups in total. The second kappa shape index (κ2) is 7.89. The van der Waals surface area contributed by atoms with Crippen molar-refractivity contribution in [3.05, 3.63) is 88.8 Å². The molecule has 3 heterocycles. The fraction of sp³-hybridized carbons (Fsp3) is 0.227. The number of carbonyl (C=O) groups excluding carboxylic acids is 1. The fourth-order valence-corrected chi connectivity index (χ4v) is 3.91. The predicted octanol–water partition coefficient (Wildman–Crippen LogP) is 4.75. The molecular formula is C22H20ClN3O. The third kappa shape index (κ3) is 3.86. The number of pyridine rings is 2. The van der Waals surface area contributed by atoms with Crippen LogP contribution < -0.4 is 4.90 Å². The van der Waals surface area contributed by atoms with Crippen LogP contribution in [0, 0.1) is 0 Å². The maximum Gasteiger partial charge on any atom is 0.212 e. The van der Waals surface area contributed by atoms with Crippen LogP contribution in [0.2, 0.25) is 5.02 Å². The molecule has 1 atom stereocenters. The van der Waals surface area contributed by atoms with Gasteiger partial charge in [-0.3, -0.25) is 9.78 Å². The molecule has 3 aromatic rings. The van der Waals surface area contributed by atoms with Crippen molar-refractivity contribution in [2.45, 2.75) is 18.8 Å². The van der Waals surface area contributed by atoms with Crippen LogP contribution in [-0.2, 0) is 0 Å². The number of hydrogen-bond acceptors (Lipinski definition) is 4. The number of benzene rings is 1. The molecule has 0 aliphatic carbocycles. The number of aromatic nitrogens is 2. The zero-order valence-corrected chi connectivity index (χ0v) is 15.6. The Morgan fingerprint density at radius 3 is 2.78 bits per heavy atom. The maximum absolute atomic E-state index is 12.7. The molecule has 0 radical (unpaired) electrons. The van der Waals surface area contributed by atoms with Crippen LogP contribution in [0.5, 0.6) is 0 Å². The molecule has 1 saturated heterocycles. The summed E-state index contributed by atoms with van der Waals surface area (Å²) in [5.74, 6) is 1.10. The summed E-state index contributed by atoms with van der Waals surface area (Å²) >= 11 is 6.40. The summed E-state index contributed by atoms with van der Waals surface area (Å²) in [7, 11) is 0. The summed E-state index contributed by atoms with van der Waals surface area (Å²) < 4.78 is 0. The van der Waals surface area contributed by atoms with Crippen LogP contribution >= 0.6 is 11.6 Å². The van der Waals surface area contributed by atoms with Gasteiger partial charge in [-0.2, -0.15) is 0 Å². The Balaban J connectivity index is 1.57. The van der Waals surface area contributed by atoms with E-state index in [-0.39, 0.29) is 5.78 Å². The average molecular weight is 378 g/mol. The number of piperidine rings is 1. The highest BCUT2D eigenvalue weighted by atomic mass is 35.5. The zero-order chi connectivity index (χ0) is 18.6. The van der Waals surface area contributed by atoms with Crippen LogP contribution in [-0.4, -0.2) is 28.8 Å². The highest BCUT2D eigenvalue weighted by Crippen LogP contribution is 2.33. The van der Waals surface area contributed by atoms with Crippen LogP contribution in [0.3, 0.4) is 0 Å². The first-order chi connectivity index (χ1) is 13.2. The van der Waals surface area contributed by atoms with Crippen LogP contribution in [0.25, 0.3) is 0 Å². The van der Waals surface area contributed by atoms with Gasteiger partial charge in [-0.15, -0.1) is 0 Å². The van der Waals surface area contributed by atoms with Crippen molar-refractivity contribution in [1.29, 1.82) is 0 Å². The van der Waals surface area contributed by atoms with Crippen LogP contribution in [0.15, 0.2) is 67.0 Å². The Morgan fingerprint density at radius 2 is 1.96 bits per heavy atom. The number of nitrogens with zero attached hydrogens (tertiary/aromatic N) is 3. The molecule has 0 bridgehead atoms. The highest BCUT2D eigenvalue weighted by Gasteiger charge is 2.24. The summed E-state index contributed by atoms with van der Waals surface area (Å²) in [6.45, 7) is 1.78. The van der Waals surface area contributed by atoms with Gasteiger partial charge in [0, 0.05) is 42.0 Å². The van der Waals surface area contributed by atoms with Crippen molar-refractivity contribution in [2.75, 3.05) is 18.0 Å². The molecule has 1 aromatic carbocycles. The normalized spacial score (nSPS) is 16.9. The molecule has 136 valence electrons. The van der Waals surface area contributed by atoms with Gasteiger partial charge in [-0.05, 0) is 48.7 Å². The van der Waals surface area contributed by atoms with Gasteiger partial charge in [0.05, 0.1) is 0 Å². The minimum Gasteiger partial charge on any atom is -0.356 e. The second-order valence-electron chi connectivity index (χ2n) is 6.76. The number of rotatable bonds is 4. The number of halogens is 1. The standard InChI is InChI=1S/C22H20ClN3O/c23-19-9-2-1-8-18(19)17-7-5-13-26(15-17)21-11-3-10-20(25-21)22(27)16-6-4-12-24-14-16/h1-4,6,8-12,14,17H,5,7,13,15H2. The molecule has 0 amide bonds. The van der Waals surface area contributed by atoms with E-state index >= 15 is 0 Å². The van der Waals surface area contributed by atoms with E-state index in [1.54, 1.807) is 30.6 Å². The van der Waals surface area contributed by atoms with Gasteiger partial charge >= 0.3 is 0 Å². The van der Waals surface area contributed by atoms with Gasteiger partial charge in [0.1, 0.15) is 11.5 Å². The summed E-state index contributed by atoms with van der Waals surface area (Å²) in [6.07, 6.45) is 5.40. The maximum atomic E-state index is 12.7. The predicted molar refractivity (Wildman–Crippen MR) is 108 cm³/mol. The molecule has 27 heavy (non-hydrogen) atoms. The molecule has 4 rings (SSSR count). The molecule has 0 saturated carbocycles. The first kappa shape index (κ1) is 17.7. The topological polar surface area (TPSA) is 46.1 Å². The lowest BCUT2D eigenvalue weighted by Gasteiger charge is -2.34. The monoisotopic (exact) mass is 377 g/mol. The van der Waals surface area contributed by atoms with Crippen LogP contribution in [0.1, 0.15) is 40.4 Å². The molecule has 1 unspecified atom stereocenters. The number of anilines is 1. The SMILES string of the molecule is O=C(c1cccnc1)c1cccc(N2CCCC(c3ccccc3Cl)C2)n1. The molecule has 2 aromatic heterocycles. The van der Waals surface area contributed by atoms with E-state index in [9.17, 15) is 4.79 Å². The minimum absolute atomic E-state index is 0.107. The molecule has 1 fully saturated rings. The van der Waals surface area contributed by atoms with Gasteiger partial charge in [-0.25, -0.2) is 4.98 Å². The molecule has 1 aliphatic heterocycles. The molecule has 1 aliphatic rings. The quantitative estimate of drug-likeness (QED) is 0.616. The van der Waals surface area contributed by atoms with Gasteiger partial charge in [0.25, 0.3) is 0 Å². The zero-order valence-electron chi connectivity index (χ0n) is 14.9. The summed E-state index contributed by atoms with van der Waals surface area (Å²) in [4.78, 5) is 23.6. The average Bonchev–Trinajstić information content (AvgIpc) is 2.74. The largest absolute Gasteiger partial charge is 0.356 e. The van der Waals surface area contributed by atoms with Crippen molar-refractivity contribution in [3.63, 3.8) is 0 Å². The summed E-state index contributed by atoms with van der Waals surface area (Å²) in [6, 6.07) is 17.2. The first-order valence-electron chi connectivity index (χ1n) is 9.13. The van der Waals surface area contributed by atoms with Gasteiger partial charge in [0.15, 0.2) is 0 Å². The van der Waals surface area contributed by atoms with Gasteiger partial charge in [-0.1, -0.05) is 35.9 Å². The third-order valence-corrected chi connectivity index (χ3v) is 5.33. The van der Waals surface area contributed by atoms with Crippen LogP contribution in [0.4, 0.5) is 5.82 Å². The van der Waals surface area contributed by atoms with Crippen molar-refractivity contribution < 1.29 is 4.79 Å². The van der Waals surface area contributed by atoms with E-state index in [0.29, 0.717) is 17.2 Å². The van der Waals surface area contributed by atoms with E-state index in [2.05, 4.69) is 20.9 Å². The molecular weight excluding hydrogens is 358 g/mol. The van der Waals surface area contributed by atoms with Crippen molar-refractivity contribution >= 4 is 23.2 Å². The fourth-order valence-electron chi connectivity index (χ4n) is 3.62. The Labute approximate surface area is 163 Å². The Hall–Kier alpha value is -2.72. The summed E-state index contributed by atoms with van der Waals surface area (Å²) in [5, 5.41) is 0.817. The summed E-state index contributed by atoms with van der Waals surface area (Å²) in [5.41, 5.74) is 2.18. The lowest BCUT2D eigenvalue weighted by atomic mass is 9.90. The number of hydrogen-bond donors (Lipinski definition) is 0. The Kier molecular flexibility index (Phi) is 5.16. The van der Waals surface area contributed by atoms with Crippen molar-refractivity contribution in [2.24, 2.45) is 0 Å². The second-order valence-corrected chi connectivity index (χ2v) is 7.17. The smallest absolute Gasteiger partial charge is 0.212 e. The van der Waals surface area contributed by atoms with E-state index in [1.807, 2.05) is 30.3 Å². The number of ketones is 1.